The number of carbonyl (C=O) groups is 1. The molecule has 134 valence electrons. The van der Waals surface area contributed by atoms with Crippen LogP contribution in [0.3, 0.4) is 0 Å². The van der Waals surface area contributed by atoms with Gasteiger partial charge < -0.3 is 9.88 Å². The fraction of sp³-hybridized carbons (Fsp3) is 0.316. The molecule has 1 aromatic carbocycles. The maximum absolute atomic E-state index is 12.9. The molecule has 0 aliphatic heterocycles. The summed E-state index contributed by atoms with van der Waals surface area (Å²) < 4.78 is 27.7. The van der Waals surface area contributed by atoms with Crippen LogP contribution in [0.5, 0.6) is 0 Å². The Morgan fingerprint density at radius 1 is 1.27 bits per heavy atom. The summed E-state index contributed by atoms with van der Waals surface area (Å²) in [6.45, 7) is 0.713. The molecule has 2 aromatic heterocycles. The summed E-state index contributed by atoms with van der Waals surface area (Å²) in [5.74, 6) is -3.78. The predicted octanol–water partition coefficient (Wildman–Crippen LogP) is 3.06. The molecule has 1 amide bonds. The van der Waals surface area contributed by atoms with Crippen LogP contribution in [0.4, 0.5) is 8.78 Å². The second-order valence-electron chi connectivity index (χ2n) is 6.61. The first-order chi connectivity index (χ1) is 12.5. The maximum Gasteiger partial charge on any atom is 0.253 e. The normalized spacial score (nSPS) is 18.0. The molecule has 1 saturated carbocycles. The van der Waals surface area contributed by atoms with E-state index in [1.807, 2.05) is 22.8 Å². The summed E-state index contributed by atoms with van der Waals surface area (Å²) in [6.07, 6.45) is 3.86. The van der Waals surface area contributed by atoms with E-state index >= 15 is 0 Å². The van der Waals surface area contributed by atoms with Gasteiger partial charge in [-0.3, -0.25) is 4.79 Å². The largest absolute Gasteiger partial charge is 0.351 e. The van der Waals surface area contributed by atoms with Crippen molar-refractivity contribution in [3.05, 3.63) is 60.0 Å². The Balaban J connectivity index is 1.42. The third-order valence-electron chi connectivity index (χ3n) is 4.67. The van der Waals surface area contributed by atoms with E-state index in [0.29, 0.717) is 16.7 Å². The molecule has 26 heavy (non-hydrogen) atoms. The van der Waals surface area contributed by atoms with Crippen LogP contribution >= 0.6 is 0 Å². The van der Waals surface area contributed by atoms with Gasteiger partial charge in [-0.05, 0) is 18.1 Å². The summed E-state index contributed by atoms with van der Waals surface area (Å²) in [7, 11) is 0. The van der Waals surface area contributed by atoms with Crippen LogP contribution in [0.2, 0.25) is 0 Å². The van der Waals surface area contributed by atoms with E-state index in [1.165, 1.54) is 11.8 Å². The molecule has 1 N–H and O–H groups in total. The average molecular weight is 356 g/mol. The number of nitrogens with zero attached hydrogens (tertiary/aromatic N) is 3. The number of hydrogen-bond donors (Lipinski definition) is 1. The van der Waals surface area contributed by atoms with Gasteiger partial charge in [-0.25, -0.2) is 18.7 Å². The predicted molar refractivity (Wildman–Crippen MR) is 93.1 cm³/mol. The number of rotatable bonds is 6. The number of fused-ring (bicyclic) bond motifs is 1. The Kier molecular flexibility index (Phi) is 4.14. The van der Waals surface area contributed by atoms with Crippen molar-refractivity contribution in [1.82, 2.24) is 19.9 Å². The lowest BCUT2D eigenvalue weighted by molar-refractivity contribution is 0.0895. The molecular weight excluding hydrogens is 338 g/mol. The number of imidazole rings is 1. The second kappa shape index (κ2) is 6.48. The fourth-order valence-corrected chi connectivity index (χ4v) is 2.94. The van der Waals surface area contributed by atoms with E-state index in [0.717, 1.165) is 13.0 Å². The van der Waals surface area contributed by atoms with Crippen LogP contribution in [0.25, 0.3) is 11.2 Å². The van der Waals surface area contributed by atoms with Crippen molar-refractivity contribution < 1.29 is 13.6 Å². The van der Waals surface area contributed by atoms with Gasteiger partial charge in [0.2, 0.25) is 0 Å². The summed E-state index contributed by atoms with van der Waals surface area (Å²) in [6, 6.07) is 11.8. The van der Waals surface area contributed by atoms with Crippen molar-refractivity contribution in [2.24, 2.45) is 5.92 Å². The molecule has 1 aliphatic carbocycles. The number of halogens is 2. The fourth-order valence-electron chi connectivity index (χ4n) is 2.94. The average Bonchev–Trinajstić information content (AvgIpc) is 3.08. The van der Waals surface area contributed by atoms with Crippen molar-refractivity contribution >= 4 is 17.1 Å². The van der Waals surface area contributed by atoms with Gasteiger partial charge in [-0.1, -0.05) is 30.3 Å². The molecule has 5 nitrogen and oxygen atoms in total. The monoisotopic (exact) mass is 356 g/mol. The zero-order valence-corrected chi connectivity index (χ0v) is 14.0. The second-order valence-corrected chi connectivity index (χ2v) is 6.61. The zero-order valence-electron chi connectivity index (χ0n) is 14.0. The molecule has 0 radical (unpaired) electrons. The van der Waals surface area contributed by atoms with E-state index in [2.05, 4.69) is 27.4 Å². The lowest BCUT2D eigenvalue weighted by Gasteiger charge is -2.06. The van der Waals surface area contributed by atoms with Gasteiger partial charge in [0, 0.05) is 31.6 Å². The first-order valence-corrected chi connectivity index (χ1v) is 8.54. The lowest BCUT2D eigenvalue weighted by atomic mass is 10.1. The Hall–Kier alpha value is -2.83. The van der Waals surface area contributed by atoms with Crippen molar-refractivity contribution in [1.29, 1.82) is 0 Å². The van der Waals surface area contributed by atoms with Gasteiger partial charge in [-0.2, -0.15) is 0 Å². The molecule has 1 unspecified atom stereocenters. The number of hydrogen-bond acceptors (Lipinski definition) is 3. The minimum Gasteiger partial charge on any atom is -0.351 e. The van der Waals surface area contributed by atoms with Crippen LogP contribution in [0, 0.1) is 5.92 Å². The highest BCUT2D eigenvalue weighted by Gasteiger charge is 2.56. The Morgan fingerprint density at radius 3 is 2.77 bits per heavy atom. The van der Waals surface area contributed by atoms with Gasteiger partial charge >= 0.3 is 0 Å². The molecule has 1 fully saturated rings. The zero-order chi connectivity index (χ0) is 18.1. The molecule has 0 spiro atoms. The maximum atomic E-state index is 12.9. The van der Waals surface area contributed by atoms with Crippen LogP contribution in [-0.4, -0.2) is 32.9 Å². The smallest absolute Gasteiger partial charge is 0.253 e. The van der Waals surface area contributed by atoms with E-state index in [9.17, 15) is 13.6 Å². The molecule has 0 bridgehead atoms. The molecule has 3 aromatic rings. The molecule has 7 heteroatoms. The van der Waals surface area contributed by atoms with Crippen LogP contribution < -0.4 is 5.32 Å². The summed E-state index contributed by atoms with van der Waals surface area (Å²) in [4.78, 5) is 20.8. The van der Waals surface area contributed by atoms with E-state index in [4.69, 9.17) is 0 Å². The Bertz CT molecular complexity index is 939. The summed E-state index contributed by atoms with van der Waals surface area (Å²) in [5, 5.41) is 2.54. The molecule has 0 saturated heterocycles. The number of carbonyl (C=O) groups excluding carboxylic acids is 1. The third-order valence-corrected chi connectivity index (χ3v) is 4.67. The van der Waals surface area contributed by atoms with Crippen LogP contribution in [0.1, 0.15) is 22.3 Å². The van der Waals surface area contributed by atoms with Gasteiger partial charge in [-0.15, -0.1) is 0 Å². The number of alkyl halides is 2. The van der Waals surface area contributed by atoms with E-state index < -0.39 is 17.7 Å². The highest BCUT2D eigenvalue weighted by molar-refractivity contribution is 5.96. The van der Waals surface area contributed by atoms with E-state index in [1.54, 1.807) is 12.4 Å². The number of nitrogens with one attached hydrogen (secondary N) is 1. The van der Waals surface area contributed by atoms with Gasteiger partial charge in [0.25, 0.3) is 11.8 Å². The molecular formula is C19H18F2N4O. The summed E-state index contributed by atoms with van der Waals surface area (Å²) >= 11 is 0. The number of aromatic nitrogens is 3. The van der Waals surface area contributed by atoms with Gasteiger partial charge in [0.1, 0.15) is 5.52 Å². The molecule has 2 heterocycles. The number of pyridine rings is 1. The van der Waals surface area contributed by atoms with E-state index in [-0.39, 0.29) is 13.0 Å². The number of amides is 1. The summed E-state index contributed by atoms with van der Waals surface area (Å²) in [5.41, 5.74) is 2.87. The third kappa shape index (κ3) is 3.42. The van der Waals surface area contributed by atoms with Crippen LogP contribution in [-0.2, 0) is 13.0 Å². The quantitative estimate of drug-likeness (QED) is 0.738. The van der Waals surface area contributed by atoms with Crippen molar-refractivity contribution in [2.45, 2.75) is 25.3 Å². The first kappa shape index (κ1) is 16.6. The van der Waals surface area contributed by atoms with Gasteiger partial charge in [0.15, 0.2) is 5.65 Å². The minimum absolute atomic E-state index is 0.0185. The highest BCUT2D eigenvalue weighted by atomic mass is 19.3. The molecule has 4 rings (SSSR count). The highest BCUT2D eigenvalue weighted by Crippen LogP contribution is 2.47. The van der Waals surface area contributed by atoms with Crippen molar-refractivity contribution in [3.8, 4) is 0 Å². The number of benzene rings is 1. The Morgan fingerprint density at radius 2 is 2.04 bits per heavy atom. The van der Waals surface area contributed by atoms with Crippen LogP contribution in [0.15, 0.2) is 48.9 Å². The Labute approximate surface area is 149 Å². The number of aryl methyl sites for hydroxylation is 2. The van der Waals surface area contributed by atoms with Gasteiger partial charge in [0.05, 0.1) is 11.9 Å². The first-order valence-electron chi connectivity index (χ1n) is 8.54. The SMILES string of the molecule is O=C(NCC1CC1(F)F)c1cnc2c(c1)ncn2CCc1ccccc1. The van der Waals surface area contributed by atoms with Crippen molar-refractivity contribution in [2.75, 3.05) is 6.54 Å². The van der Waals surface area contributed by atoms with Crippen molar-refractivity contribution in [3.63, 3.8) is 0 Å². The topological polar surface area (TPSA) is 59.8 Å². The minimum atomic E-state index is -2.63. The standard InChI is InChI=1S/C19H18F2N4O/c20-19(21)9-15(19)11-23-18(26)14-8-16-17(22-10-14)25(12-24-16)7-6-13-4-2-1-3-5-13/h1-5,8,10,12,15H,6-7,9,11H2,(H,23,26). The molecule has 1 aliphatic rings. The lowest BCUT2D eigenvalue weighted by Crippen LogP contribution is -2.27. The molecule has 1 atom stereocenters.